The van der Waals surface area contributed by atoms with Gasteiger partial charge in [0.05, 0.1) is 0 Å². The topological polar surface area (TPSA) is 23.8 Å². The van der Waals surface area contributed by atoms with Gasteiger partial charge in [-0.05, 0) is 25.7 Å². The van der Waals surface area contributed by atoms with Crippen molar-refractivity contribution in [3.05, 3.63) is 17.9 Å². The summed E-state index contributed by atoms with van der Waals surface area (Å²) >= 11 is 0. The van der Waals surface area contributed by atoms with Crippen LogP contribution in [0.4, 0.5) is 0 Å². The van der Waals surface area contributed by atoms with Crippen LogP contribution >= 0.6 is 0 Å². The van der Waals surface area contributed by atoms with Gasteiger partial charge in [0, 0.05) is 19.5 Å². The second-order valence-corrected chi connectivity index (χ2v) is 5.69. The molecular formula is C18H36NZn-. The summed E-state index contributed by atoms with van der Waals surface area (Å²) in [5.41, 5.74) is 7.07. The number of hydrogen-bond donors (Lipinski definition) is 0. The summed E-state index contributed by atoms with van der Waals surface area (Å²) < 4.78 is 0. The zero-order valence-corrected chi connectivity index (χ0v) is 16.9. The van der Waals surface area contributed by atoms with E-state index in [1.165, 1.54) is 83.5 Å². The molecule has 1 N–H and O–H groups in total. The Morgan fingerprint density at radius 2 is 1.00 bits per heavy atom. The Bertz CT molecular complexity index is 180. The molecule has 0 aliphatic rings. The van der Waals surface area contributed by atoms with Gasteiger partial charge in [-0.2, -0.15) is 6.54 Å². The van der Waals surface area contributed by atoms with Gasteiger partial charge in [-0.25, -0.2) is 0 Å². The zero-order chi connectivity index (χ0) is 14.0. The van der Waals surface area contributed by atoms with Crippen molar-refractivity contribution < 1.29 is 19.5 Å². The van der Waals surface area contributed by atoms with E-state index in [1.807, 2.05) is 0 Å². The Hall–Kier alpha value is 0.323. The van der Waals surface area contributed by atoms with Crippen molar-refractivity contribution in [1.82, 2.24) is 0 Å². The van der Waals surface area contributed by atoms with Crippen molar-refractivity contribution in [3.63, 3.8) is 0 Å². The minimum atomic E-state index is 0. The van der Waals surface area contributed by atoms with Crippen LogP contribution in [-0.4, -0.2) is 6.54 Å². The molecule has 0 aromatic heterocycles. The Morgan fingerprint density at radius 3 is 1.45 bits per heavy atom. The first-order chi connectivity index (χ1) is 9.41. The first-order valence-electron chi connectivity index (χ1n) is 8.71. The Balaban J connectivity index is 0. The number of unbranched alkanes of at least 4 members (excludes halogenated alkanes) is 12. The molecule has 0 bridgehead atoms. The largest absolute Gasteiger partial charge is 0.677 e. The molecule has 1 nitrogen and oxygen atoms in total. The monoisotopic (exact) mass is 330 g/mol. The average Bonchev–Trinajstić information content (AvgIpc) is 2.43. The van der Waals surface area contributed by atoms with E-state index in [1.54, 1.807) is 0 Å². The first-order valence-corrected chi connectivity index (χ1v) is 8.71. The van der Waals surface area contributed by atoms with Crippen LogP contribution in [0.25, 0.3) is 5.73 Å². The molecule has 0 unspecified atom stereocenters. The van der Waals surface area contributed by atoms with Crippen molar-refractivity contribution in [2.75, 3.05) is 6.54 Å². The van der Waals surface area contributed by atoms with E-state index in [0.29, 0.717) is 6.54 Å². The predicted octanol–water partition coefficient (Wildman–Crippen LogP) is 7.07. The van der Waals surface area contributed by atoms with Gasteiger partial charge in [-0.1, -0.05) is 83.3 Å². The number of allylic oxidation sites excluding steroid dienone is 2. The van der Waals surface area contributed by atoms with Crippen molar-refractivity contribution in [3.8, 4) is 0 Å². The first kappa shape index (κ1) is 22.6. The van der Waals surface area contributed by atoms with E-state index >= 15 is 0 Å². The molecule has 20 heavy (non-hydrogen) atoms. The fourth-order valence-corrected chi connectivity index (χ4v) is 2.37. The quantitative estimate of drug-likeness (QED) is 0.174. The van der Waals surface area contributed by atoms with Gasteiger partial charge in [-0.15, -0.1) is 0 Å². The minimum Gasteiger partial charge on any atom is -0.677 e. The van der Waals surface area contributed by atoms with Gasteiger partial charge in [0.25, 0.3) is 0 Å². The van der Waals surface area contributed by atoms with Crippen molar-refractivity contribution in [2.45, 2.75) is 96.8 Å². The fourth-order valence-electron chi connectivity index (χ4n) is 2.37. The maximum Gasteiger partial charge on any atom is 0 e. The van der Waals surface area contributed by atoms with Crippen molar-refractivity contribution in [1.29, 1.82) is 0 Å². The van der Waals surface area contributed by atoms with E-state index in [0.717, 1.165) is 6.42 Å². The maximum atomic E-state index is 7.07. The molecule has 2 heteroatoms. The molecule has 0 aromatic carbocycles. The van der Waals surface area contributed by atoms with Crippen molar-refractivity contribution >= 4 is 0 Å². The van der Waals surface area contributed by atoms with Crippen LogP contribution in [0.5, 0.6) is 0 Å². The normalized spacial score (nSPS) is 10.9. The van der Waals surface area contributed by atoms with Crippen LogP contribution in [0, 0.1) is 0 Å². The molecule has 0 radical (unpaired) electrons. The van der Waals surface area contributed by atoms with Gasteiger partial charge in [0.1, 0.15) is 0 Å². The van der Waals surface area contributed by atoms with E-state index < -0.39 is 0 Å². The van der Waals surface area contributed by atoms with Gasteiger partial charge in [0.15, 0.2) is 0 Å². The van der Waals surface area contributed by atoms with Crippen LogP contribution in [0.1, 0.15) is 96.8 Å². The average molecular weight is 332 g/mol. The van der Waals surface area contributed by atoms with Gasteiger partial charge in [-0.3, -0.25) is 0 Å². The Morgan fingerprint density at radius 1 is 0.600 bits per heavy atom. The molecule has 116 valence electrons. The van der Waals surface area contributed by atoms with Gasteiger partial charge >= 0.3 is 0 Å². The summed E-state index contributed by atoms with van der Waals surface area (Å²) in [6.45, 7) is 2.89. The second-order valence-electron chi connectivity index (χ2n) is 5.69. The third-order valence-electron chi connectivity index (χ3n) is 3.69. The number of nitrogens with one attached hydrogen (secondary N) is 1. The fraction of sp³-hybridized carbons (Fsp3) is 0.889. The van der Waals surface area contributed by atoms with E-state index in [4.69, 9.17) is 5.73 Å². The molecular weight excluding hydrogens is 296 g/mol. The number of hydrogen-bond acceptors (Lipinski definition) is 0. The summed E-state index contributed by atoms with van der Waals surface area (Å²) in [6, 6.07) is 0. The third-order valence-corrected chi connectivity index (χ3v) is 3.69. The molecule has 0 aliphatic carbocycles. The molecule has 0 spiro atoms. The summed E-state index contributed by atoms with van der Waals surface area (Å²) in [7, 11) is 0. The van der Waals surface area contributed by atoms with Gasteiger partial charge < -0.3 is 5.73 Å². The van der Waals surface area contributed by atoms with Crippen LogP contribution in [0.15, 0.2) is 12.2 Å². The molecule has 0 amide bonds. The maximum absolute atomic E-state index is 7.07. The van der Waals surface area contributed by atoms with Crippen LogP contribution in [-0.2, 0) is 19.5 Å². The standard InChI is InChI=1S/C18H36N.Zn/c1-2-3-4-5-6-7-8-9-10-11-12-13-14-15-16-17-18-19;/h9-10,19H,2-8,11-18H2,1H3;/q-1;/b10-9-;. The molecule has 0 heterocycles. The Kier molecular flexibility index (Phi) is 24.4. The molecule has 0 aromatic rings. The summed E-state index contributed by atoms with van der Waals surface area (Å²) in [6.07, 6.45) is 23.5. The van der Waals surface area contributed by atoms with Crippen LogP contribution < -0.4 is 0 Å². The third kappa shape index (κ3) is 20.6. The smallest absolute Gasteiger partial charge is 0 e. The summed E-state index contributed by atoms with van der Waals surface area (Å²) in [5, 5.41) is 0. The summed E-state index contributed by atoms with van der Waals surface area (Å²) in [4.78, 5) is 0. The molecule has 0 saturated carbocycles. The molecule has 0 fully saturated rings. The minimum absolute atomic E-state index is 0. The molecule has 0 aliphatic heterocycles. The van der Waals surface area contributed by atoms with Crippen LogP contribution in [0.3, 0.4) is 0 Å². The molecule has 0 rings (SSSR count). The Labute approximate surface area is 140 Å². The predicted molar refractivity (Wildman–Crippen MR) is 88.6 cm³/mol. The second kappa shape index (κ2) is 21.6. The van der Waals surface area contributed by atoms with Crippen LogP contribution in [0.2, 0.25) is 0 Å². The van der Waals surface area contributed by atoms with Crippen molar-refractivity contribution in [2.24, 2.45) is 0 Å². The van der Waals surface area contributed by atoms with E-state index in [9.17, 15) is 0 Å². The molecule has 0 atom stereocenters. The van der Waals surface area contributed by atoms with E-state index in [-0.39, 0.29) is 19.5 Å². The molecule has 0 saturated heterocycles. The number of rotatable bonds is 15. The zero-order valence-electron chi connectivity index (χ0n) is 14.0. The van der Waals surface area contributed by atoms with E-state index in [2.05, 4.69) is 19.1 Å². The summed E-state index contributed by atoms with van der Waals surface area (Å²) in [5.74, 6) is 0. The SMILES string of the molecule is CCCCCCCC/C=C\CCCCCCCC[NH-].[Zn]. The van der Waals surface area contributed by atoms with Gasteiger partial charge in [0.2, 0.25) is 0 Å².